The summed E-state index contributed by atoms with van der Waals surface area (Å²) in [5.41, 5.74) is 0. The minimum absolute atomic E-state index is 0.144. The van der Waals surface area contributed by atoms with Gasteiger partial charge in [0, 0.05) is 20.1 Å². The van der Waals surface area contributed by atoms with Crippen LogP contribution in [0.2, 0.25) is 0 Å². The van der Waals surface area contributed by atoms with Gasteiger partial charge in [-0.05, 0) is 19.3 Å². The lowest BCUT2D eigenvalue weighted by Crippen LogP contribution is -2.00. The first-order valence-corrected chi connectivity index (χ1v) is 3.78. The molecule has 1 rings (SSSR count). The Hall–Kier alpha value is -0.410. The molecule has 1 N–H and O–H groups in total. The maximum absolute atomic E-state index is 10.0. The lowest BCUT2D eigenvalue weighted by molar-refractivity contribution is -0.111. The molecule has 1 saturated carbocycles. The molecule has 66 valence electrons. The second kappa shape index (κ2) is 6.31. The van der Waals surface area contributed by atoms with Crippen LogP contribution >= 0.6 is 0 Å². The summed E-state index contributed by atoms with van der Waals surface area (Å²) in [5.74, 6) is 0.144. The van der Waals surface area contributed by atoms with Crippen molar-refractivity contribution in [3.8, 4) is 0 Å². The smallest absolute Gasteiger partial charge is 0.123 e. The van der Waals surface area contributed by atoms with Crippen LogP contribution in [0.4, 0.5) is 0 Å². The Labute approximate surface area is 67.4 Å². The molecule has 0 bridgehead atoms. The second-order valence-electron chi connectivity index (χ2n) is 2.77. The van der Waals surface area contributed by atoms with E-state index in [2.05, 4.69) is 4.74 Å². The Morgan fingerprint density at radius 1 is 1.45 bits per heavy atom. The molecule has 3 nitrogen and oxygen atoms in total. The van der Waals surface area contributed by atoms with Crippen LogP contribution < -0.4 is 0 Å². The summed E-state index contributed by atoms with van der Waals surface area (Å²) in [6.45, 7) is 0. The molecule has 0 saturated heterocycles. The van der Waals surface area contributed by atoms with Crippen molar-refractivity contribution in [1.82, 2.24) is 0 Å². The topological polar surface area (TPSA) is 46.5 Å². The van der Waals surface area contributed by atoms with Crippen molar-refractivity contribution in [2.24, 2.45) is 5.92 Å². The summed E-state index contributed by atoms with van der Waals surface area (Å²) in [6.07, 6.45) is 3.11. The van der Waals surface area contributed by atoms with E-state index in [1.165, 1.54) is 0 Å². The summed E-state index contributed by atoms with van der Waals surface area (Å²) >= 11 is 0. The third-order valence-corrected chi connectivity index (χ3v) is 1.64. The summed E-state index contributed by atoms with van der Waals surface area (Å²) in [5, 5.41) is 8.87. The number of methoxy groups -OCH3 is 1. The van der Waals surface area contributed by atoms with E-state index in [-0.39, 0.29) is 12.0 Å². The molecule has 1 aliphatic rings. The van der Waals surface area contributed by atoms with Gasteiger partial charge in [0.05, 0.1) is 6.10 Å². The number of hydrogen-bond donors (Lipinski definition) is 1. The highest BCUT2D eigenvalue weighted by Gasteiger charge is 2.21. The SMILES string of the molecule is COC.O=CC1CCC(O)C1. The maximum Gasteiger partial charge on any atom is 0.123 e. The number of ether oxygens (including phenoxy) is 1. The Bertz CT molecular complexity index is 104. The predicted octanol–water partition coefficient (Wildman–Crippen LogP) is 0.609. The van der Waals surface area contributed by atoms with E-state index in [1.807, 2.05) is 0 Å². The van der Waals surface area contributed by atoms with Crippen molar-refractivity contribution >= 4 is 6.29 Å². The third-order valence-electron chi connectivity index (χ3n) is 1.64. The highest BCUT2D eigenvalue weighted by molar-refractivity contribution is 5.53. The van der Waals surface area contributed by atoms with Gasteiger partial charge in [-0.1, -0.05) is 0 Å². The van der Waals surface area contributed by atoms with Crippen molar-refractivity contribution in [2.75, 3.05) is 14.2 Å². The molecule has 1 fully saturated rings. The van der Waals surface area contributed by atoms with Gasteiger partial charge >= 0.3 is 0 Å². The first-order chi connectivity index (χ1) is 5.24. The van der Waals surface area contributed by atoms with Gasteiger partial charge in [-0.2, -0.15) is 0 Å². The van der Waals surface area contributed by atoms with Crippen molar-refractivity contribution in [1.29, 1.82) is 0 Å². The molecule has 0 aromatic rings. The predicted molar refractivity (Wildman–Crippen MR) is 42.3 cm³/mol. The second-order valence-corrected chi connectivity index (χ2v) is 2.77. The summed E-state index contributed by atoms with van der Waals surface area (Å²) < 4.78 is 4.25. The average Bonchev–Trinajstić information content (AvgIpc) is 2.37. The van der Waals surface area contributed by atoms with Gasteiger partial charge in [0.25, 0.3) is 0 Å². The van der Waals surface area contributed by atoms with Crippen LogP contribution in [0.25, 0.3) is 0 Å². The molecule has 0 amide bonds. The zero-order valence-corrected chi connectivity index (χ0v) is 7.12. The van der Waals surface area contributed by atoms with Gasteiger partial charge in [0.2, 0.25) is 0 Å². The largest absolute Gasteiger partial charge is 0.393 e. The fourth-order valence-corrected chi connectivity index (χ4v) is 1.12. The molecule has 0 aliphatic heterocycles. The molecule has 11 heavy (non-hydrogen) atoms. The van der Waals surface area contributed by atoms with Crippen molar-refractivity contribution in [2.45, 2.75) is 25.4 Å². The zero-order chi connectivity index (χ0) is 8.69. The molecule has 0 aromatic heterocycles. The van der Waals surface area contributed by atoms with Gasteiger partial charge in [-0.15, -0.1) is 0 Å². The number of carbonyl (C=O) groups excluding carboxylic acids is 1. The standard InChI is InChI=1S/C6H10O2.C2H6O/c7-4-5-1-2-6(8)3-5;1-3-2/h4-6,8H,1-3H2;1-2H3. The molecule has 3 heteroatoms. The first-order valence-electron chi connectivity index (χ1n) is 3.78. The van der Waals surface area contributed by atoms with Gasteiger partial charge in [-0.25, -0.2) is 0 Å². The Balaban J connectivity index is 0.000000292. The Kier molecular flexibility index (Phi) is 6.07. The van der Waals surface area contributed by atoms with E-state index in [0.29, 0.717) is 6.42 Å². The number of aliphatic hydroxyl groups is 1. The summed E-state index contributed by atoms with van der Waals surface area (Å²) in [4.78, 5) is 10.0. The number of carbonyl (C=O) groups is 1. The maximum atomic E-state index is 10.0. The zero-order valence-electron chi connectivity index (χ0n) is 7.12. The van der Waals surface area contributed by atoms with E-state index < -0.39 is 0 Å². The van der Waals surface area contributed by atoms with Gasteiger partial charge in [0.15, 0.2) is 0 Å². The fraction of sp³-hybridized carbons (Fsp3) is 0.875. The lowest BCUT2D eigenvalue weighted by atomic mass is 10.1. The Morgan fingerprint density at radius 3 is 2.18 bits per heavy atom. The number of aldehydes is 1. The van der Waals surface area contributed by atoms with Crippen LogP contribution in [0.1, 0.15) is 19.3 Å². The quantitative estimate of drug-likeness (QED) is 0.572. The minimum Gasteiger partial charge on any atom is -0.393 e. The highest BCUT2D eigenvalue weighted by atomic mass is 16.4. The number of rotatable bonds is 1. The van der Waals surface area contributed by atoms with Crippen molar-refractivity contribution in [3.63, 3.8) is 0 Å². The van der Waals surface area contributed by atoms with Crippen molar-refractivity contribution in [3.05, 3.63) is 0 Å². The molecule has 0 spiro atoms. The van der Waals surface area contributed by atoms with Crippen LogP contribution in [-0.2, 0) is 9.53 Å². The average molecular weight is 160 g/mol. The molecule has 0 radical (unpaired) electrons. The molecule has 0 heterocycles. The fourth-order valence-electron chi connectivity index (χ4n) is 1.12. The number of hydrogen-bond acceptors (Lipinski definition) is 3. The van der Waals surface area contributed by atoms with Crippen LogP contribution in [-0.4, -0.2) is 31.7 Å². The molecular formula is C8H16O3. The molecule has 2 unspecified atom stereocenters. The van der Waals surface area contributed by atoms with E-state index in [4.69, 9.17) is 5.11 Å². The van der Waals surface area contributed by atoms with Crippen LogP contribution in [0.15, 0.2) is 0 Å². The summed E-state index contributed by atoms with van der Waals surface area (Å²) in [6, 6.07) is 0. The van der Waals surface area contributed by atoms with E-state index in [9.17, 15) is 4.79 Å². The molecular weight excluding hydrogens is 144 g/mol. The van der Waals surface area contributed by atoms with Gasteiger partial charge < -0.3 is 14.6 Å². The molecule has 2 atom stereocenters. The molecule has 0 aromatic carbocycles. The van der Waals surface area contributed by atoms with Crippen LogP contribution in [0.5, 0.6) is 0 Å². The van der Waals surface area contributed by atoms with Crippen molar-refractivity contribution < 1.29 is 14.6 Å². The van der Waals surface area contributed by atoms with E-state index in [1.54, 1.807) is 14.2 Å². The normalized spacial score (nSPS) is 29.0. The van der Waals surface area contributed by atoms with E-state index >= 15 is 0 Å². The van der Waals surface area contributed by atoms with Crippen LogP contribution in [0, 0.1) is 5.92 Å². The third kappa shape index (κ3) is 4.93. The minimum atomic E-state index is -0.204. The first kappa shape index (κ1) is 10.6. The van der Waals surface area contributed by atoms with Gasteiger partial charge in [0.1, 0.15) is 6.29 Å². The van der Waals surface area contributed by atoms with E-state index in [0.717, 1.165) is 19.1 Å². The summed E-state index contributed by atoms with van der Waals surface area (Å²) in [7, 11) is 3.25. The molecule has 1 aliphatic carbocycles. The Morgan fingerprint density at radius 2 is 2.00 bits per heavy atom. The highest BCUT2D eigenvalue weighted by Crippen LogP contribution is 2.22. The monoisotopic (exact) mass is 160 g/mol. The lowest BCUT2D eigenvalue weighted by Gasteiger charge is -1.95. The number of aliphatic hydroxyl groups excluding tert-OH is 1. The van der Waals surface area contributed by atoms with Gasteiger partial charge in [-0.3, -0.25) is 0 Å². The van der Waals surface area contributed by atoms with Crippen LogP contribution in [0.3, 0.4) is 0 Å².